The first-order valence-electron chi connectivity index (χ1n) is 7.84. The lowest BCUT2D eigenvalue weighted by molar-refractivity contribution is 0.438. The Labute approximate surface area is 130 Å². The molecule has 0 saturated carbocycles. The third-order valence-electron chi connectivity index (χ3n) is 3.59. The van der Waals surface area contributed by atoms with E-state index in [1.54, 1.807) is 0 Å². The molecule has 0 amide bonds. The summed E-state index contributed by atoms with van der Waals surface area (Å²) in [6.45, 7) is 6.26. The van der Waals surface area contributed by atoms with E-state index >= 15 is 0 Å². The maximum absolute atomic E-state index is 11.3. The minimum Gasteiger partial charge on any atom is -0.316 e. The van der Waals surface area contributed by atoms with E-state index in [0.717, 1.165) is 38.8 Å². The minimum absolute atomic E-state index is 0.297. The predicted molar refractivity (Wildman–Crippen MR) is 90.5 cm³/mol. The quantitative estimate of drug-likeness (QED) is 0.676. The molecule has 0 bridgehead atoms. The van der Waals surface area contributed by atoms with Crippen LogP contribution in [0.5, 0.6) is 0 Å². The topological polar surface area (TPSA) is 46.2 Å². The van der Waals surface area contributed by atoms with E-state index in [1.807, 2.05) is 0 Å². The van der Waals surface area contributed by atoms with E-state index < -0.39 is 9.84 Å². The predicted octanol–water partition coefficient (Wildman–Crippen LogP) is 2.98. The molecule has 4 heteroatoms. The number of hydrogen-bond donors (Lipinski definition) is 1. The van der Waals surface area contributed by atoms with Crippen molar-refractivity contribution in [1.29, 1.82) is 0 Å². The average molecular weight is 311 g/mol. The van der Waals surface area contributed by atoms with Gasteiger partial charge in [0.1, 0.15) is 9.84 Å². The molecule has 0 radical (unpaired) electrons. The van der Waals surface area contributed by atoms with Gasteiger partial charge in [-0.05, 0) is 57.2 Å². The van der Waals surface area contributed by atoms with Gasteiger partial charge in [-0.15, -0.1) is 0 Å². The van der Waals surface area contributed by atoms with Gasteiger partial charge >= 0.3 is 0 Å². The van der Waals surface area contributed by atoms with Crippen molar-refractivity contribution in [2.24, 2.45) is 5.92 Å². The van der Waals surface area contributed by atoms with Gasteiger partial charge in [0.15, 0.2) is 0 Å². The highest BCUT2D eigenvalue weighted by atomic mass is 32.2. The summed E-state index contributed by atoms with van der Waals surface area (Å²) >= 11 is 0. The number of sulfone groups is 1. The normalized spacial score (nSPS) is 13.3. The fraction of sp³-hybridized carbons (Fsp3) is 0.647. The van der Waals surface area contributed by atoms with E-state index in [9.17, 15) is 8.42 Å². The molecule has 1 rings (SSSR count). The van der Waals surface area contributed by atoms with Gasteiger partial charge in [-0.2, -0.15) is 0 Å². The highest BCUT2D eigenvalue weighted by Gasteiger charge is 2.11. The van der Waals surface area contributed by atoms with Gasteiger partial charge in [0, 0.05) is 12.0 Å². The second-order valence-corrected chi connectivity index (χ2v) is 8.30. The van der Waals surface area contributed by atoms with Crippen LogP contribution >= 0.6 is 0 Å². The Morgan fingerprint density at radius 2 is 2.05 bits per heavy atom. The Balaban J connectivity index is 2.54. The Bertz CT molecular complexity index is 511. The summed E-state index contributed by atoms with van der Waals surface area (Å²) in [6.07, 6.45) is 5.17. The summed E-state index contributed by atoms with van der Waals surface area (Å²) in [5.74, 6) is 0.797. The van der Waals surface area contributed by atoms with E-state index in [1.165, 1.54) is 17.4 Å². The van der Waals surface area contributed by atoms with Crippen molar-refractivity contribution in [3.63, 3.8) is 0 Å². The molecule has 1 atom stereocenters. The van der Waals surface area contributed by atoms with Gasteiger partial charge in [0.25, 0.3) is 0 Å². The molecule has 1 unspecified atom stereocenters. The summed E-state index contributed by atoms with van der Waals surface area (Å²) in [6, 6.07) is 8.59. The molecule has 0 saturated heterocycles. The largest absolute Gasteiger partial charge is 0.316 e. The molecule has 0 aliphatic carbocycles. The maximum Gasteiger partial charge on any atom is 0.147 e. The van der Waals surface area contributed by atoms with Gasteiger partial charge in [0.05, 0.1) is 0 Å². The zero-order chi connectivity index (χ0) is 15.7. The van der Waals surface area contributed by atoms with Gasteiger partial charge in [0.2, 0.25) is 0 Å². The molecule has 0 aliphatic heterocycles. The first kappa shape index (κ1) is 18.2. The van der Waals surface area contributed by atoms with Gasteiger partial charge in [-0.25, -0.2) is 8.42 Å². The molecule has 1 N–H and O–H groups in total. The smallest absolute Gasteiger partial charge is 0.147 e. The van der Waals surface area contributed by atoms with Gasteiger partial charge in [-0.1, -0.05) is 36.8 Å². The third kappa shape index (κ3) is 8.89. The van der Waals surface area contributed by atoms with E-state index in [4.69, 9.17) is 0 Å². The fourth-order valence-electron chi connectivity index (χ4n) is 2.57. The zero-order valence-electron chi connectivity index (χ0n) is 13.6. The van der Waals surface area contributed by atoms with Crippen LogP contribution in [0.3, 0.4) is 0 Å². The lowest BCUT2D eigenvalue weighted by Gasteiger charge is -2.18. The lowest BCUT2D eigenvalue weighted by Crippen LogP contribution is -2.25. The second kappa shape index (κ2) is 9.21. The molecule has 120 valence electrons. The molecule has 3 nitrogen and oxygen atoms in total. The molecular weight excluding hydrogens is 282 g/mol. The third-order valence-corrected chi connectivity index (χ3v) is 4.62. The van der Waals surface area contributed by atoms with Crippen molar-refractivity contribution < 1.29 is 8.42 Å². The zero-order valence-corrected chi connectivity index (χ0v) is 14.4. The summed E-state index contributed by atoms with van der Waals surface area (Å²) in [5, 5.41) is 3.47. The van der Waals surface area contributed by atoms with Crippen LogP contribution in [0.2, 0.25) is 0 Å². The van der Waals surface area contributed by atoms with Crippen molar-refractivity contribution in [3.05, 3.63) is 35.4 Å². The molecule has 0 heterocycles. The Morgan fingerprint density at radius 1 is 1.29 bits per heavy atom. The van der Waals surface area contributed by atoms with Crippen molar-refractivity contribution in [3.8, 4) is 0 Å². The number of benzene rings is 1. The Kier molecular flexibility index (Phi) is 7.97. The van der Waals surface area contributed by atoms with E-state index in [2.05, 4.69) is 43.4 Å². The number of rotatable bonds is 10. The maximum atomic E-state index is 11.3. The van der Waals surface area contributed by atoms with Gasteiger partial charge < -0.3 is 5.32 Å². The molecule has 0 aromatic heterocycles. The first-order valence-corrected chi connectivity index (χ1v) is 9.90. The highest BCUT2D eigenvalue weighted by Crippen LogP contribution is 2.15. The van der Waals surface area contributed by atoms with Gasteiger partial charge in [-0.3, -0.25) is 0 Å². The van der Waals surface area contributed by atoms with Crippen LogP contribution in [0.25, 0.3) is 0 Å². The Hall–Kier alpha value is -0.870. The molecular formula is C17H29NO2S. The summed E-state index contributed by atoms with van der Waals surface area (Å²) in [7, 11) is -2.84. The van der Waals surface area contributed by atoms with Crippen molar-refractivity contribution >= 4 is 9.84 Å². The average Bonchev–Trinajstić information content (AvgIpc) is 2.37. The van der Waals surface area contributed by atoms with Crippen molar-refractivity contribution in [1.82, 2.24) is 5.32 Å². The first-order chi connectivity index (χ1) is 9.90. The SMILES string of the molecule is CCCNCC(CCCS(C)(=O)=O)Cc1cccc(C)c1. The molecule has 0 spiro atoms. The standard InChI is InChI=1S/C17H29NO2S/c1-4-10-18-14-17(9-6-11-21(3,19)20)13-16-8-5-7-15(2)12-16/h5,7-8,12,17-18H,4,6,9-11,13-14H2,1-3H3. The minimum atomic E-state index is -2.84. The molecule has 0 fully saturated rings. The van der Waals surface area contributed by atoms with Crippen molar-refractivity contribution in [2.75, 3.05) is 25.1 Å². The summed E-state index contributed by atoms with van der Waals surface area (Å²) in [5.41, 5.74) is 2.63. The van der Waals surface area contributed by atoms with E-state index in [-0.39, 0.29) is 0 Å². The summed E-state index contributed by atoms with van der Waals surface area (Å²) in [4.78, 5) is 0. The van der Waals surface area contributed by atoms with Crippen LogP contribution in [-0.4, -0.2) is 33.5 Å². The molecule has 21 heavy (non-hydrogen) atoms. The van der Waals surface area contributed by atoms with Crippen LogP contribution < -0.4 is 5.32 Å². The Morgan fingerprint density at radius 3 is 2.67 bits per heavy atom. The molecule has 1 aromatic carbocycles. The van der Waals surface area contributed by atoms with Crippen LogP contribution in [-0.2, 0) is 16.3 Å². The monoisotopic (exact) mass is 311 g/mol. The lowest BCUT2D eigenvalue weighted by atomic mass is 9.94. The molecule has 1 aromatic rings. The number of hydrogen-bond acceptors (Lipinski definition) is 3. The fourth-order valence-corrected chi connectivity index (χ4v) is 3.26. The van der Waals surface area contributed by atoms with E-state index in [0.29, 0.717) is 11.7 Å². The highest BCUT2D eigenvalue weighted by molar-refractivity contribution is 7.90. The van der Waals surface area contributed by atoms with Crippen LogP contribution in [0.1, 0.15) is 37.3 Å². The second-order valence-electron chi connectivity index (χ2n) is 6.04. The van der Waals surface area contributed by atoms with Crippen LogP contribution in [0, 0.1) is 12.8 Å². The van der Waals surface area contributed by atoms with Crippen molar-refractivity contribution in [2.45, 2.75) is 39.5 Å². The van der Waals surface area contributed by atoms with Crippen LogP contribution in [0.4, 0.5) is 0 Å². The summed E-state index contributed by atoms with van der Waals surface area (Å²) < 4.78 is 22.5. The number of aryl methyl sites for hydroxylation is 1. The molecule has 0 aliphatic rings. The van der Waals surface area contributed by atoms with Crippen LogP contribution in [0.15, 0.2) is 24.3 Å². The number of nitrogens with one attached hydrogen (secondary N) is 1.